The highest BCUT2D eigenvalue weighted by molar-refractivity contribution is 7.18. The molecule has 0 N–H and O–H groups in total. The standard InChI is InChI=1S/C21H21FN4OS/c1-2-17-13-18-20(23-14-24-21(18)28-17)26-11-9-25(10-12-26)19(27)8-5-15-3-6-16(22)7-4-15/h3-8,13-14H,2,9-12H2,1H3. The van der Waals surface area contributed by atoms with E-state index in [2.05, 4.69) is 27.9 Å². The summed E-state index contributed by atoms with van der Waals surface area (Å²) in [6, 6.07) is 8.27. The molecule has 1 aromatic carbocycles. The average Bonchev–Trinajstić information content (AvgIpc) is 3.17. The molecule has 3 heterocycles. The van der Waals surface area contributed by atoms with Gasteiger partial charge in [0.25, 0.3) is 0 Å². The van der Waals surface area contributed by atoms with Crippen molar-refractivity contribution in [1.29, 1.82) is 0 Å². The van der Waals surface area contributed by atoms with Gasteiger partial charge in [-0.05, 0) is 36.3 Å². The smallest absolute Gasteiger partial charge is 0.246 e. The van der Waals surface area contributed by atoms with E-state index in [1.807, 2.05) is 4.90 Å². The highest BCUT2D eigenvalue weighted by Crippen LogP contribution is 2.30. The van der Waals surface area contributed by atoms with Crippen molar-refractivity contribution in [2.24, 2.45) is 0 Å². The zero-order valence-corrected chi connectivity index (χ0v) is 16.5. The molecule has 1 aliphatic heterocycles. The van der Waals surface area contributed by atoms with Gasteiger partial charge in [0, 0.05) is 37.1 Å². The first-order chi connectivity index (χ1) is 13.6. The second kappa shape index (κ2) is 8.06. The molecular weight excluding hydrogens is 375 g/mol. The van der Waals surface area contributed by atoms with Crippen molar-refractivity contribution in [3.05, 3.63) is 59.0 Å². The maximum absolute atomic E-state index is 13.0. The number of amides is 1. The molecule has 1 amide bonds. The number of hydrogen-bond donors (Lipinski definition) is 0. The number of halogens is 1. The zero-order chi connectivity index (χ0) is 19.5. The van der Waals surface area contributed by atoms with Crippen molar-refractivity contribution in [2.75, 3.05) is 31.1 Å². The summed E-state index contributed by atoms with van der Waals surface area (Å²) in [5, 5.41) is 1.10. The predicted molar refractivity (Wildman–Crippen MR) is 111 cm³/mol. The van der Waals surface area contributed by atoms with E-state index >= 15 is 0 Å². The van der Waals surface area contributed by atoms with Crippen LogP contribution in [-0.4, -0.2) is 47.0 Å². The van der Waals surface area contributed by atoms with Crippen LogP contribution in [0.1, 0.15) is 17.4 Å². The maximum atomic E-state index is 13.0. The molecular formula is C21H21FN4OS. The van der Waals surface area contributed by atoms with Crippen molar-refractivity contribution in [2.45, 2.75) is 13.3 Å². The van der Waals surface area contributed by atoms with Gasteiger partial charge in [0.2, 0.25) is 5.91 Å². The molecule has 3 aromatic rings. The van der Waals surface area contributed by atoms with Gasteiger partial charge in [-0.25, -0.2) is 14.4 Å². The van der Waals surface area contributed by atoms with Crippen LogP contribution >= 0.6 is 11.3 Å². The fourth-order valence-electron chi connectivity index (χ4n) is 3.30. The first-order valence-electron chi connectivity index (χ1n) is 9.35. The second-order valence-electron chi connectivity index (χ2n) is 6.68. The second-order valence-corrected chi connectivity index (χ2v) is 7.79. The first kappa shape index (κ1) is 18.6. The van der Waals surface area contributed by atoms with Crippen molar-refractivity contribution < 1.29 is 9.18 Å². The van der Waals surface area contributed by atoms with E-state index in [4.69, 9.17) is 0 Å². The molecule has 0 unspecified atom stereocenters. The third kappa shape index (κ3) is 3.89. The number of benzene rings is 1. The SMILES string of the molecule is CCc1cc2c(N3CCN(C(=O)C=Cc4ccc(F)cc4)CC3)ncnc2s1. The molecule has 1 aliphatic rings. The Bertz CT molecular complexity index is 1010. The Hall–Kier alpha value is -2.80. The maximum Gasteiger partial charge on any atom is 0.246 e. The first-order valence-corrected chi connectivity index (χ1v) is 10.2. The fourth-order valence-corrected chi connectivity index (χ4v) is 4.23. The summed E-state index contributed by atoms with van der Waals surface area (Å²) in [5.74, 6) is 0.644. The van der Waals surface area contributed by atoms with Crippen LogP contribution in [0.2, 0.25) is 0 Å². The average molecular weight is 396 g/mol. The normalized spacial score (nSPS) is 14.9. The fraction of sp³-hybridized carbons (Fsp3) is 0.286. The van der Waals surface area contributed by atoms with Crippen molar-refractivity contribution >= 4 is 39.4 Å². The van der Waals surface area contributed by atoms with E-state index in [0.717, 1.165) is 41.1 Å². The van der Waals surface area contributed by atoms with E-state index < -0.39 is 0 Å². The Morgan fingerprint density at radius 2 is 1.93 bits per heavy atom. The lowest BCUT2D eigenvalue weighted by molar-refractivity contribution is -0.126. The summed E-state index contributed by atoms with van der Waals surface area (Å²) in [6.45, 7) is 4.90. The number of thiophene rings is 1. The van der Waals surface area contributed by atoms with Crippen molar-refractivity contribution in [3.8, 4) is 0 Å². The summed E-state index contributed by atoms with van der Waals surface area (Å²) < 4.78 is 13.0. The predicted octanol–water partition coefficient (Wildman–Crippen LogP) is 3.75. The lowest BCUT2D eigenvalue weighted by Crippen LogP contribution is -2.48. The molecule has 0 radical (unpaired) electrons. The van der Waals surface area contributed by atoms with Gasteiger partial charge < -0.3 is 9.80 Å². The van der Waals surface area contributed by atoms with Gasteiger partial charge in [0.15, 0.2) is 0 Å². The third-order valence-corrected chi connectivity index (χ3v) is 6.07. The molecule has 7 heteroatoms. The number of aryl methyl sites for hydroxylation is 1. The largest absolute Gasteiger partial charge is 0.352 e. The number of piperazine rings is 1. The molecule has 2 aromatic heterocycles. The molecule has 0 atom stereocenters. The minimum Gasteiger partial charge on any atom is -0.352 e. The van der Waals surface area contributed by atoms with Gasteiger partial charge >= 0.3 is 0 Å². The van der Waals surface area contributed by atoms with Gasteiger partial charge in [0.05, 0.1) is 5.39 Å². The lowest BCUT2D eigenvalue weighted by Gasteiger charge is -2.35. The molecule has 0 spiro atoms. The quantitative estimate of drug-likeness (QED) is 0.630. The monoisotopic (exact) mass is 396 g/mol. The van der Waals surface area contributed by atoms with E-state index in [1.54, 1.807) is 41.9 Å². The van der Waals surface area contributed by atoms with Crippen LogP contribution in [0.25, 0.3) is 16.3 Å². The van der Waals surface area contributed by atoms with Gasteiger partial charge in [-0.1, -0.05) is 19.1 Å². The zero-order valence-electron chi connectivity index (χ0n) is 15.6. The minimum atomic E-state index is -0.282. The molecule has 0 bridgehead atoms. The van der Waals surface area contributed by atoms with Crippen LogP contribution in [0.4, 0.5) is 10.2 Å². The molecule has 144 valence electrons. The number of anilines is 1. The summed E-state index contributed by atoms with van der Waals surface area (Å²) >= 11 is 1.71. The number of rotatable bonds is 4. The van der Waals surface area contributed by atoms with Crippen LogP contribution in [-0.2, 0) is 11.2 Å². The van der Waals surface area contributed by atoms with Crippen LogP contribution in [0.5, 0.6) is 0 Å². The highest BCUT2D eigenvalue weighted by Gasteiger charge is 2.22. The summed E-state index contributed by atoms with van der Waals surface area (Å²) in [7, 11) is 0. The van der Waals surface area contributed by atoms with Crippen molar-refractivity contribution in [1.82, 2.24) is 14.9 Å². The Morgan fingerprint density at radius 3 is 2.64 bits per heavy atom. The topological polar surface area (TPSA) is 49.3 Å². The number of fused-ring (bicyclic) bond motifs is 1. The Kier molecular flexibility index (Phi) is 5.34. The van der Waals surface area contributed by atoms with E-state index in [9.17, 15) is 9.18 Å². The molecule has 28 heavy (non-hydrogen) atoms. The van der Waals surface area contributed by atoms with Gasteiger partial charge in [-0.3, -0.25) is 4.79 Å². The van der Waals surface area contributed by atoms with Gasteiger partial charge in [-0.2, -0.15) is 0 Å². The van der Waals surface area contributed by atoms with Crippen LogP contribution in [0.3, 0.4) is 0 Å². The molecule has 5 nitrogen and oxygen atoms in total. The number of aromatic nitrogens is 2. The summed E-state index contributed by atoms with van der Waals surface area (Å²) in [6.07, 6.45) is 5.89. The van der Waals surface area contributed by atoms with E-state index in [1.165, 1.54) is 17.0 Å². The number of hydrogen-bond acceptors (Lipinski definition) is 5. The molecule has 0 aliphatic carbocycles. The summed E-state index contributed by atoms with van der Waals surface area (Å²) in [4.78, 5) is 27.7. The molecule has 0 saturated carbocycles. The molecule has 1 saturated heterocycles. The van der Waals surface area contributed by atoms with E-state index in [-0.39, 0.29) is 11.7 Å². The Balaban J connectivity index is 1.41. The van der Waals surface area contributed by atoms with Gasteiger partial charge in [0.1, 0.15) is 22.8 Å². The van der Waals surface area contributed by atoms with Crippen LogP contribution < -0.4 is 4.90 Å². The van der Waals surface area contributed by atoms with Crippen LogP contribution in [0.15, 0.2) is 42.7 Å². The van der Waals surface area contributed by atoms with E-state index in [0.29, 0.717) is 13.1 Å². The lowest BCUT2D eigenvalue weighted by atomic mass is 10.2. The number of carbonyl (C=O) groups is 1. The molecule has 1 fully saturated rings. The number of nitrogens with zero attached hydrogens (tertiary/aromatic N) is 4. The van der Waals surface area contributed by atoms with Crippen LogP contribution in [0, 0.1) is 5.82 Å². The third-order valence-electron chi connectivity index (χ3n) is 4.89. The molecule has 4 rings (SSSR count). The Labute approximate surface area is 167 Å². The van der Waals surface area contributed by atoms with Crippen molar-refractivity contribution in [3.63, 3.8) is 0 Å². The summed E-state index contributed by atoms with van der Waals surface area (Å²) in [5.41, 5.74) is 0.806. The minimum absolute atomic E-state index is 0.0272. The highest BCUT2D eigenvalue weighted by atomic mass is 32.1. The number of carbonyl (C=O) groups excluding carboxylic acids is 1. The van der Waals surface area contributed by atoms with Gasteiger partial charge in [-0.15, -0.1) is 11.3 Å². The Morgan fingerprint density at radius 1 is 1.18 bits per heavy atom.